The van der Waals surface area contributed by atoms with Gasteiger partial charge < -0.3 is 14.4 Å². The van der Waals surface area contributed by atoms with Crippen LogP contribution in [0.2, 0.25) is 0 Å². The van der Waals surface area contributed by atoms with Crippen LogP contribution in [0, 0.1) is 5.92 Å². The summed E-state index contributed by atoms with van der Waals surface area (Å²) in [5.41, 5.74) is -0.164. The predicted octanol–water partition coefficient (Wildman–Crippen LogP) is 4.03. The highest BCUT2D eigenvalue weighted by Crippen LogP contribution is 2.40. The summed E-state index contributed by atoms with van der Waals surface area (Å²) in [5, 5.41) is 0. The molecule has 182 valence electrons. The molecule has 3 aromatic rings. The van der Waals surface area contributed by atoms with Gasteiger partial charge in [0.05, 0.1) is 31.1 Å². The molecule has 3 atom stereocenters. The van der Waals surface area contributed by atoms with Crippen LogP contribution in [0.25, 0.3) is 11.4 Å². The zero-order valence-corrected chi connectivity index (χ0v) is 18.8. The molecule has 2 aliphatic heterocycles. The Morgan fingerprint density at radius 2 is 1.86 bits per heavy atom. The third kappa shape index (κ3) is 4.50. The number of ether oxygens (including phenoxy) is 2. The molecule has 1 aromatic carbocycles. The molecule has 3 fully saturated rings. The maximum atomic E-state index is 13.9. The molecule has 2 aromatic heterocycles. The molecular formula is C24H22F3N5O3. The van der Waals surface area contributed by atoms with Crippen molar-refractivity contribution in [1.29, 1.82) is 0 Å². The van der Waals surface area contributed by atoms with Gasteiger partial charge in [0.25, 0.3) is 5.91 Å². The lowest BCUT2D eigenvalue weighted by Gasteiger charge is -2.49. The molecule has 4 heterocycles. The average Bonchev–Trinajstić information content (AvgIpc) is 2.88. The van der Waals surface area contributed by atoms with Gasteiger partial charge in [0, 0.05) is 24.5 Å². The third-order valence-corrected chi connectivity index (χ3v) is 6.44. The van der Waals surface area contributed by atoms with Crippen molar-refractivity contribution in [3.8, 4) is 23.0 Å². The van der Waals surface area contributed by atoms with Crippen LogP contribution in [0.3, 0.4) is 0 Å². The van der Waals surface area contributed by atoms with Crippen LogP contribution in [0.15, 0.2) is 49.1 Å². The van der Waals surface area contributed by atoms with Crippen molar-refractivity contribution in [2.45, 2.75) is 37.6 Å². The van der Waals surface area contributed by atoms with E-state index in [0.717, 1.165) is 12.6 Å². The summed E-state index contributed by atoms with van der Waals surface area (Å²) in [6, 6.07) is 6.69. The summed E-state index contributed by atoms with van der Waals surface area (Å²) >= 11 is 0. The van der Waals surface area contributed by atoms with Gasteiger partial charge in [0.2, 0.25) is 5.88 Å². The number of piperidine rings is 2. The largest absolute Gasteiger partial charge is 0.496 e. The summed E-state index contributed by atoms with van der Waals surface area (Å²) < 4.78 is 49.9. The van der Waals surface area contributed by atoms with Crippen molar-refractivity contribution in [3.63, 3.8) is 0 Å². The highest BCUT2D eigenvalue weighted by Gasteiger charge is 2.45. The highest BCUT2D eigenvalue weighted by atomic mass is 19.4. The molecule has 35 heavy (non-hydrogen) atoms. The normalized spacial score (nSPS) is 21.6. The Hall–Kier alpha value is -3.76. The number of alkyl halides is 3. The Morgan fingerprint density at radius 3 is 2.51 bits per heavy atom. The second kappa shape index (κ2) is 9.12. The lowest BCUT2D eigenvalue weighted by atomic mass is 9.77. The summed E-state index contributed by atoms with van der Waals surface area (Å²) in [5.74, 6) is 0.782. The van der Waals surface area contributed by atoms with Gasteiger partial charge in [-0.25, -0.2) is 19.9 Å². The van der Waals surface area contributed by atoms with E-state index in [9.17, 15) is 18.0 Å². The van der Waals surface area contributed by atoms with Crippen LogP contribution in [0.5, 0.6) is 11.6 Å². The van der Waals surface area contributed by atoms with Crippen LogP contribution in [-0.2, 0) is 6.18 Å². The van der Waals surface area contributed by atoms with E-state index in [1.54, 1.807) is 41.6 Å². The monoisotopic (exact) mass is 485 g/mol. The highest BCUT2D eigenvalue weighted by molar-refractivity contribution is 6.03. The van der Waals surface area contributed by atoms with Crippen molar-refractivity contribution in [2.24, 2.45) is 5.92 Å². The van der Waals surface area contributed by atoms with E-state index in [1.165, 1.54) is 7.11 Å². The Balaban J connectivity index is 1.43. The van der Waals surface area contributed by atoms with Gasteiger partial charge in [-0.2, -0.15) is 13.2 Å². The molecule has 11 heteroatoms. The lowest BCUT2D eigenvalue weighted by Crippen LogP contribution is -2.59. The standard InChI is InChI=1S/C24H22F3N5O3/c1-34-17-5-2-4-15(22-28-8-3-9-29-22)21(17)23(33)32-13-14-6-7-16(32)18(10-14)35-20-12-30-19(11-31-20)24(25,26)27/h2-5,8-9,11-12,14,16,18H,6-7,10,13H2,1H3. The minimum absolute atomic E-state index is 0.00128. The molecule has 1 saturated carbocycles. The van der Waals surface area contributed by atoms with E-state index in [1.807, 2.05) is 0 Å². The first kappa shape index (κ1) is 23.0. The fourth-order valence-electron chi connectivity index (χ4n) is 4.86. The number of aromatic nitrogens is 4. The van der Waals surface area contributed by atoms with Crippen LogP contribution in [0.4, 0.5) is 13.2 Å². The Labute approximate surface area is 199 Å². The molecule has 2 bridgehead atoms. The van der Waals surface area contributed by atoms with E-state index >= 15 is 0 Å². The summed E-state index contributed by atoms with van der Waals surface area (Å²) in [4.78, 5) is 31.5. The van der Waals surface area contributed by atoms with Gasteiger partial charge in [-0.3, -0.25) is 4.79 Å². The number of rotatable bonds is 5. The van der Waals surface area contributed by atoms with Gasteiger partial charge in [0.15, 0.2) is 11.5 Å². The van der Waals surface area contributed by atoms with Gasteiger partial charge in [0.1, 0.15) is 11.9 Å². The average molecular weight is 485 g/mol. The topological polar surface area (TPSA) is 90.3 Å². The zero-order valence-electron chi connectivity index (χ0n) is 18.8. The Morgan fingerprint density at radius 1 is 1.06 bits per heavy atom. The van der Waals surface area contributed by atoms with Crippen molar-refractivity contribution >= 4 is 5.91 Å². The Bertz CT molecular complexity index is 1210. The van der Waals surface area contributed by atoms with E-state index in [4.69, 9.17) is 9.47 Å². The number of carbonyl (C=O) groups is 1. The molecule has 2 saturated heterocycles. The molecule has 3 aliphatic rings. The minimum Gasteiger partial charge on any atom is -0.496 e. The summed E-state index contributed by atoms with van der Waals surface area (Å²) in [6.07, 6.45) is 2.17. The molecular weight excluding hydrogens is 463 g/mol. The number of carbonyl (C=O) groups excluding carboxylic acids is 1. The zero-order chi connectivity index (χ0) is 24.6. The Kier molecular flexibility index (Phi) is 6.00. The fourth-order valence-corrected chi connectivity index (χ4v) is 4.86. The number of halogens is 3. The maximum Gasteiger partial charge on any atom is 0.434 e. The van der Waals surface area contributed by atoms with E-state index < -0.39 is 18.0 Å². The quantitative estimate of drug-likeness (QED) is 0.539. The number of amides is 1. The lowest BCUT2D eigenvalue weighted by molar-refractivity contribution is -0.141. The van der Waals surface area contributed by atoms with Crippen LogP contribution < -0.4 is 9.47 Å². The molecule has 1 amide bonds. The number of benzene rings is 1. The first-order valence-electron chi connectivity index (χ1n) is 11.2. The molecule has 0 N–H and O–H groups in total. The van der Waals surface area contributed by atoms with Gasteiger partial charge in [-0.05, 0) is 37.3 Å². The smallest absolute Gasteiger partial charge is 0.434 e. The van der Waals surface area contributed by atoms with Gasteiger partial charge in [-0.1, -0.05) is 12.1 Å². The first-order chi connectivity index (χ1) is 16.8. The molecule has 0 spiro atoms. The van der Waals surface area contributed by atoms with Gasteiger partial charge >= 0.3 is 6.18 Å². The molecule has 8 nitrogen and oxygen atoms in total. The first-order valence-corrected chi connectivity index (χ1v) is 11.2. The number of hydrogen-bond acceptors (Lipinski definition) is 7. The van der Waals surface area contributed by atoms with E-state index in [0.29, 0.717) is 48.3 Å². The molecule has 3 unspecified atom stereocenters. The van der Waals surface area contributed by atoms with Crippen molar-refractivity contribution in [3.05, 3.63) is 60.3 Å². The number of hydrogen-bond donors (Lipinski definition) is 0. The van der Waals surface area contributed by atoms with Gasteiger partial charge in [-0.15, -0.1) is 0 Å². The number of fused-ring (bicyclic) bond motifs is 3. The predicted molar refractivity (Wildman–Crippen MR) is 118 cm³/mol. The summed E-state index contributed by atoms with van der Waals surface area (Å²) in [6.45, 7) is 0.551. The minimum atomic E-state index is -4.58. The van der Waals surface area contributed by atoms with Crippen LogP contribution in [0.1, 0.15) is 35.3 Å². The molecule has 0 radical (unpaired) electrons. The van der Waals surface area contributed by atoms with Crippen LogP contribution >= 0.6 is 0 Å². The fraction of sp³-hybridized carbons (Fsp3) is 0.375. The van der Waals surface area contributed by atoms with E-state index in [2.05, 4.69) is 19.9 Å². The second-order valence-corrected chi connectivity index (χ2v) is 8.55. The maximum absolute atomic E-state index is 13.9. The van der Waals surface area contributed by atoms with Crippen molar-refractivity contribution in [2.75, 3.05) is 13.7 Å². The third-order valence-electron chi connectivity index (χ3n) is 6.44. The molecule has 6 rings (SSSR count). The molecule has 1 aliphatic carbocycles. The SMILES string of the molecule is COc1cccc(-c2ncccn2)c1C(=O)N1CC2CCC1C(Oc1cnc(C(F)(F)F)cn1)C2. The van der Waals surface area contributed by atoms with Crippen molar-refractivity contribution < 1.29 is 27.4 Å². The van der Waals surface area contributed by atoms with E-state index in [-0.39, 0.29) is 23.7 Å². The second-order valence-electron chi connectivity index (χ2n) is 8.55. The summed E-state index contributed by atoms with van der Waals surface area (Å²) in [7, 11) is 1.50. The number of methoxy groups -OCH3 is 1. The van der Waals surface area contributed by atoms with Crippen LogP contribution in [-0.4, -0.2) is 56.5 Å². The number of nitrogens with zero attached hydrogens (tertiary/aromatic N) is 5. The van der Waals surface area contributed by atoms with Crippen molar-refractivity contribution in [1.82, 2.24) is 24.8 Å².